The molecule has 1 saturated carbocycles. The van der Waals surface area contributed by atoms with Crippen LogP contribution in [-0.4, -0.2) is 40.4 Å². The van der Waals surface area contributed by atoms with Gasteiger partial charge in [0.15, 0.2) is 17.3 Å². The highest BCUT2D eigenvalue weighted by Crippen LogP contribution is 2.31. The molecule has 1 aliphatic carbocycles. The summed E-state index contributed by atoms with van der Waals surface area (Å²) in [4.78, 5) is 17.0. The Kier molecular flexibility index (Phi) is 7.48. The highest BCUT2D eigenvalue weighted by atomic mass is 35.5. The Balaban J connectivity index is 0.00000300. The number of hydrogen-bond acceptors (Lipinski definition) is 6. The first-order valence-electron chi connectivity index (χ1n) is 9.54. The number of halogens is 1. The third-order valence-electron chi connectivity index (χ3n) is 5.15. The van der Waals surface area contributed by atoms with E-state index in [1.165, 1.54) is 0 Å². The number of amides is 1. The average Bonchev–Trinajstić information content (AvgIpc) is 3.02. The van der Waals surface area contributed by atoms with E-state index in [4.69, 9.17) is 15.2 Å². The quantitative estimate of drug-likeness (QED) is 0.675. The van der Waals surface area contributed by atoms with Crippen molar-refractivity contribution < 1.29 is 14.3 Å². The van der Waals surface area contributed by atoms with Crippen molar-refractivity contribution >= 4 is 18.3 Å². The molecule has 0 saturated heterocycles. The van der Waals surface area contributed by atoms with Crippen LogP contribution in [0.4, 0.5) is 0 Å². The fraction of sp³-hybridized carbons (Fsp3) is 0.550. The van der Waals surface area contributed by atoms with Crippen LogP contribution in [0.15, 0.2) is 18.2 Å². The molecule has 3 rings (SSSR count). The van der Waals surface area contributed by atoms with Crippen molar-refractivity contribution in [3.05, 3.63) is 35.4 Å². The van der Waals surface area contributed by atoms with Gasteiger partial charge in [0.2, 0.25) is 5.91 Å². The summed E-state index contributed by atoms with van der Waals surface area (Å²) in [6, 6.07) is 5.37. The van der Waals surface area contributed by atoms with Gasteiger partial charge in [0, 0.05) is 12.0 Å². The third kappa shape index (κ3) is 5.39. The van der Waals surface area contributed by atoms with Crippen LogP contribution in [-0.2, 0) is 17.8 Å². The van der Waals surface area contributed by atoms with E-state index in [0.717, 1.165) is 24.8 Å². The molecule has 0 spiro atoms. The SMILES string of the molecule is COc1ccc(Cc2nc([C@@H](C)N)n(CC(=O)NC3(C)CCC3)n2)cc1OC.Cl. The molecule has 8 nitrogen and oxygen atoms in total. The Morgan fingerprint density at radius 3 is 2.55 bits per heavy atom. The number of nitrogens with one attached hydrogen (secondary N) is 1. The van der Waals surface area contributed by atoms with Gasteiger partial charge in [0.25, 0.3) is 0 Å². The maximum Gasteiger partial charge on any atom is 0.242 e. The van der Waals surface area contributed by atoms with Crippen LogP contribution in [0.25, 0.3) is 0 Å². The van der Waals surface area contributed by atoms with E-state index in [1.54, 1.807) is 18.9 Å². The van der Waals surface area contributed by atoms with Gasteiger partial charge >= 0.3 is 0 Å². The summed E-state index contributed by atoms with van der Waals surface area (Å²) in [7, 11) is 3.20. The monoisotopic (exact) mass is 423 g/mol. The molecule has 9 heteroatoms. The van der Waals surface area contributed by atoms with E-state index in [0.29, 0.717) is 29.6 Å². The van der Waals surface area contributed by atoms with Crippen molar-refractivity contribution in [3.63, 3.8) is 0 Å². The van der Waals surface area contributed by atoms with E-state index in [2.05, 4.69) is 22.3 Å². The van der Waals surface area contributed by atoms with Gasteiger partial charge in [-0.3, -0.25) is 4.79 Å². The number of hydrogen-bond donors (Lipinski definition) is 2. The van der Waals surface area contributed by atoms with Crippen LogP contribution in [0, 0.1) is 0 Å². The molecule has 160 valence electrons. The van der Waals surface area contributed by atoms with E-state index < -0.39 is 0 Å². The summed E-state index contributed by atoms with van der Waals surface area (Å²) in [5.41, 5.74) is 6.95. The van der Waals surface area contributed by atoms with Gasteiger partial charge in [-0.2, -0.15) is 5.10 Å². The second-order valence-electron chi connectivity index (χ2n) is 7.66. The maximum absolute atomic E-state index is 12.4. The zero-order chi connectivity index (χ0) is 20.3. The van der Waals surface area contributed by atoms with Gasteiger partial charge in [-0.15, -0.1) is 12.4 Å². The number of ether oxygens (including phenoxy) is 2. The van der Waals surface area contributed by atoms with Crippen LogP contribution in [0.5, 0.6) is 11.5 Å². The smallest absolute Gasteiger partial charge is 0.242 e. The molecule has 1 aromatic carbocycles. The molecular formula is C20H30ClN5O3. The first-order chi connectivity index (χ1) is 13.3. The number of carbonyl (C=O) groups excluding carboxylic acids is 1. The third-order valence-corrected chi connectivity index (χ3v) is 5.15. The maximum atomic E-state index is 12.4. The first kappa shape index (κ1) is 23.0. The van der Waals surface area contributed by atoms with E-state index in [-0.39, 0.29) is 36.4 Å². The number of methoxy groups -OCH3 is 2. The van der Waals surface area contributed by atoms with E-state index >= 15 is 0 Å². The Labute approximate surface area is 177 Å². The fourth-order valence-corrected chi connectivity index (χ4v) is 3.45. The molecule has 0 unspecified atom stereocenters. The highest BCUT2D eigenvalue weighted by Gasteiger charge is 2.33. The number of aromatic nitrogens is 3. The summed E-state index contributed by atoms with van der Waals surface area (Å²) in [5.74, 6) is 2.47. The van der Waals surface area contributed by atoms with Gasteiger partial charge in [-0.1, -0.05) is 6.07 Å². The van der Waals surface area contributed by atoms with Crippen molar-refractivity contribution in [2.75, 3.05) is 14.2 Å². The number of benzene rings is 1. The number of rotatable bonds is 8. The first-order valence-corrected chi connectivity index (χ1v) is 9.54. The molecule has 1 aromatic heterocycles. The second kappa shape index (κ2) is 9.45. The lowest BCUT2D eigenvalue weighted by Gasteiger charge is -2.39. The molecule has 0 radical (unpaired) electrons. The van der Waals surface area contributed by atoms with Crippen LogP contribution >= 0.6 is 12.4 Å². The topological polar surface area (TPSA) is 104 Å². The van der Waals surface area contributed by atoms with Crippen LogP contribution < -0.4 is 20.5 Å². The highest BCUT2D eigenvalue weighted by molar-refractivity contribution is 5.85. The average molecular weight is 424 g/mol. The summed E-state index contributed by atoms with van der Waals surface area (Å²) < 4.78 is 12.2. The molecule has 0 bridgehead atoms. The van der Waals surface area contributed by atoms with Crippen molar-refractivity contribution in [2.24, 2.45) is 5.73 Å². The molecule has 0 aliphatic heterocycles. The lowest BCUT2D eigenvalue weighted by molar-refractivity contribution is -0.124. The van der Waals surface area contributed by atoms with E-state index in [9.17, 15) is 4.79 Å². The zero-order valence-corrected chi connectivity index (χ0v) is 18.2. The number of nitrogens with two attached hydrogens (primary N) is 1. The van der Waals surface area contributed by atoms with Gasteiger partial charge in [-0.25, -0.2) is 9.67 Å². The molecule has 3 N–H and O–H groups in total. The summed E-state index contributed by atoms with van der Waals surface area (Å²) >= 11 is 0. The van der Waals surface area contributed by atoms with Crippen LogP contribution in [0.2, 0.25) is 0 Å². The molecule has 1 amide bonds. The standard InChI is InChI=1S/C20H29N5O3.ClH/c1-13(21)19-22-17(11-14-6-7-15(27-3)16(10-14)28-4)24-25(19)12-18(26)23-20(2)8-5-9-20;/h6-7,10,13H,5,8-9,11-12,21H2,1-4H3,(H,23,26);1H/t13-;/m1./s1. The predicted octanol–water partition coefficient (Wildman–Crippen LogP) is 2.39. The van der Waals surface area contributed by atoms with E-state index in [1.807, 2.05) is 25.1 Å². The summed E-state index contributed by atoms with van der Waals surface area (Å²) in [6.07, 6.45) is 3.69. The molecule has 1 heterocycles. The van der Waals surface area contributed by atoms with Gasteiger partial charge in [0.1, 0.15) is 12.4 Å². The molecule has 1 aliphatic rings. The van der Waals surface area contributed by atoms with Crippen molar-refractivity contribution in [3.8, 4) is 11.5 Å². The molecular weight excluding hydrogens is 394 g/mol. The zero-order valence-electron chi connectivity index (χ0n) is 17.4. The number of nitrogens with zero attached hydrogens (tertiary/aromatic N) is 3. The minimum Gasteiger partial charge on any atom is -0.493 e. The Hall–Kier alpha value is -2.32. The lowest BCUT2D eigenvalue weighted by Crippen LogP contribution is -2.52. The van der Waals surface area contributed by atoms with Crippen LogP contribution in [0.1, 0.15) is 56.4 Å². The fourth-order valence-electron chi connectivity index (χ4n) is 3.45. The second-order valence-corrected chi connectivity index (χ2v) is 7.66. The Bertz CT molecular complexity index is 849. The minimum absolute atomic E-state index is 0. The molecule has 2 aromatic rings. The molecule has 1 fully saturated rings. The Morgan fingerprint density at radius 1 is 1.31 bits per heavy atom. The predicted molar refractivity (Wildman–Crippen MR) is 113 cm³/mol. The number of carbonyl (C=O) groups is 1. The summed E-state index contributed by atoms with van der Waals surface area (Å²) in [5, 5.41) is 7.63. The Morgan fingerprint density at radius 2 is 2.00 bits per heavy atom. The van der Waals surface area contributed by atoms with Crippen molar-refractivity contribution in [1.29, 1.82) is 0 Å². The normalized spacial score (nSPS) is 15.6. The molecule has 1 atom stereocenters. The van der Waals surface area contributed by atoms with Crippen LogP contribution in [0.3, 0.4) is 0 Å². The van der Waals surface area contributed by atoms with Gasteiger partial charge in [0.05, 0.1) is 20.3 Å². The largest absolute Gasteiger partial charge is 0.493 e. The van der Waals surface area contributed by atoms with Gasteiger partial charge < -0.3 is 20.5 Å². The molecule has 29 heavy (non-hydrogen) atoms. The van der Waals surface area contributed by atoms with Crippen molar-refractivity contribution in [2.45, 2.75) is 57.7 Å². The van der Waals surface area contributed by atoms with Crippen molar-refractivity contribution in [1.82, 2.24) is 20.1 Å². The minimum atomic E-state index is -0.321. The summed E-state index contributed by atoms with van der Waals surface area (Å²) in [6.45, 7) is 4.03. The van der Waals surface area contributed by atoms with Gasteiger partial charge in [-0.05, 0) is 50.8 Å². The lowest BCUT2D eigenvalue weighted by atomic mass is 9.78.